The highest BCUT2D eigenvalue weighted by atomic mass is 35.5. The van der Waals surface area contributed by atoms with E-state index in [4.69, 9.17) is 11.6 Å². The van der Waals surface area contributed by atoms with Crippen LogP contribution >= 0.6 is 11.6 Å². The van der Waals surface area contributed by atoms with Gasteiger partial charge in [-0.15, -0.1) is 0 Å². The molecule has 0 bridgehead atoms. The van der Waals surface area contributed by atoms with Crippen molar-refractivity contribution in [2.75, 3.05) is 0 Å². The molecule has 0 atom stereocenters. The minimum Gasteiger partial charge on any atom is -0.206 e. The molecule has 0 radical (unpaired) electrons. The third kappa shape index (κ3) is 4.33. The topological polar surface area (TPSA) is 0 Å². The van der Waals surface area contributed by atoms with E-state index in [1.807, 2.05) is 0 Å². The van der Waals surface area contributed by atoms with Gasteiger partial charge < -0.3 is 0 Å². The van der Waals surface area contributed by atoms with E-state index in [2.05, 4.69) is 6.58 Å². The molecule has 0 aromatic heterocycles. The smallest absolute Gasteiger partial charge is 0.137 e. The number of allylic oxidation sites excluding steroid dienone is 5. The fourth-order valence-corrected chi connectivity index (χ4v) is 0.393. The van der Waals surface area contributed by atoms with Gasteiger partial charge in [-0.25, -0.2) is 4.39 Å². The number of rotatable bonds is 2. The van der Waals surface area contributed by atoms with Gasteiger partial charge in [-0.2, -0.15) is 0 Å². The summed E-state index contributed by atoms with van der Waals surface area (Å²) in [4.78, 5) is 0. The zero-order valence-electron chi connectivity index (χ0n) is 6.12. The Kier molecular flexibility index (Phi) is 4.05. The third-order valence-electron chi connectivity index (χ3n) is 0.843. The van der Waals surface area contributed by atoms with Crippen LogP contribution in [0.15, 0.2) is 35.2 Å². The molecule has 0 N–H and O–H groups in total. The lowest BCUT2D eigenvalue weighted by Gasteiger charge is -1.87. The van der Waals surface area contributed by atoms with E-state index in [1.165, 1.54) is 13.0 Å². The molecule has 0 amide bonds. The number of hydrogen-bond donors (Lipinski definition) is 0. The van der Waals surface area contributed by atoms with Crippen LogP contribution in [0.3, 0.4) is 0 Å². The van der Waals surface area contributed by atoms with Crippen LogP contribution in [0.2, 0.25) is 0 Å². The van der Waals surface area contributed by atoms with Gasteiger partial charge >= 0.3 is 0 Å². The summed E-state index contributed by atoms with van der Waals surface area (Å²) in [6.07, 6.45) is 2.87. The lowest BCUT2D eigenvalue weighted by Crippen LogP contribution is -1.68. The minimum atomic E-state index is -0.412. The first kappa shape index (κ1) is 9.44. The molecule has 56 valence electrons. The highest BCUT2D eigenvalue weighted by Gasteiger charge is 1.90. The van der Waals surface area contributed by atoms with Crippen molar-refractivity contribution >= 4 is 11.6 Å². The zero-order valence-corrected chi connectivity index (χ0v) is 6.87. The molecular formula is C8H10ClF. The van der Waals surface area contributed by atoms with Crippen LogP contribution in [0.5, 0.6) is 0 Å². The number of halogens is 2. The Labute approximate surface area is 65.7 Å². The van der Waals surface area contributed by atoms with Gasteiger partial charge in [0.05, 0.1) is 5.03 Å². The third-order valence-corrected chi connectivity index (χ3v) is 1.02. The molecule has 0 spiro atoms. The van der Waals surface area contributed by atoms with Crippen molar-refractivity contribution in [1.82, 2.24) is 0 Å². The van der Waals surface area contributed by atoms with E-state index >= 15 is 0 Å². The summed E-state index contributed by atoms with van der Waals surface area (Å²) in [6.45, 7) is 6.85. The minimum absolute atomic E-state index is 0.164. The van der Waals surface area contributed by atoms with Crippen LogP contribution in [0.4, 0.5) is 4.39 Å². The van der Waals surface area contributed by atoms with E-state index in [1.54, 1.807) is 13.0 Å². The maximum Gasteiger partial charge on any atom is 0.137 e. The Hall–Kier alpha value is -0.560. The average Bonchev–Trinajstić information content (AvgIpc) is 1.82. The second kappa shape index (κ2) is 4.29. The quantitative estimate of drug-likeness (QED) is 0.542. The van der Waals surface area contributed by atoms with Crippen LogP contribution in [-0.4, -0.2) is 0 Å². The standard InChI is InChI=1S/C8H10ClF/c1-6(2)4-5-8(10)7(3)9/h4-5H,1H2,2-3H3. The fraction of sp³-hybridized carbons (Fsp3) is 0.250. The van der Waals surface area contributed by atoms with Crippen molar-refractivity contribution < 1.29 is 4.39 Å². The molecule has 0 aromatic rings. The summed E-state index contributed by atoms with van der Waals surface area (Å²) in [7, 11) is 0. The molecule has 0 saturated carbocycles. The Morgan fingerprint density at radius 2 is 1.90 bits per heavy atom. The Morgan fingerprint density at radius 1 is 1.40 bits per heavy atom. The Balaban J connectivity index is 4.16. The number of hydrogen-bond acceptors (Lipinski definition) is 0. The largest absolute Gasteiger partial charge is 0.206 e. The Bertz CT molecular complexity index is 185. The predicted octanol–water partition coefficient (Wildman–Crippen LogP) is 3.56. The van der Waals surface area contributed by atoms with Gasteiger partial charge in [0.15, 0.2) is 0 Å². The van der Waals surface area contributed by atoms with Crippen LogP contribution < -0.4 is 0 Å². The summed E-state index contributed by atoms with van der Waals surface area (Å²) in [5.41, 5.74) is 0.799. The van der Waals surface area contributed by atoms with Gasteiger partial charge in [0.25, 0.3) is 0 Å². The monoisotopic (exact) mass is 160 g/mol. The molecule has 0 unspecified atom stereocenters. The van der Waals surface area contributed by atoms with Crippen molar-refractivity contribution in [2.45, 2.75) is 13.8 Å². The normalized spacial score (nSPS) is 13.6. The maximum absolute atomic E-state index is 12.5. The summed E-state index contributed by atoms with van der Waals surface area (Å²) >= 11 is 5.34. The maximum atomic E-state index is 12.5. The molecule has 0 heterocycles. The second-order valence-corrected chi connectivity index (χ2v) is 2.63. The van der Waals surface area contributed by atoms with E-state index in [9.17, 15) is 4.39 Å². The highest BCUT2D eigenvalue weighted by Crippen LogP contribution is 2.11. The van der Waals surface area contributed by atoms with Gasteiger partial charge in [0.1, 0.15) is 5.83 Å². The van der Waals surface area contributed by atoms with E-state index < -0.39 is 5.83 Å². The molecule has 2 heteroatoms. The van der Waals surface area contributed by atoms with Gasteiger partial charge in [-0.1, -0.05) is 29.8 Å². The predicted molar refractivity (Wildman–Crippen MR) is 43.6 cm³/mol. The van der Waals surface area contributed by atoms with Crippen LogP contribution in [0.25, 0.3) is 0 Å². The van der Waals surface area contributed by atoms with E-state index in [0.29, 0.717) is 0 Å². The molecular weight excluding hydrogens is 151 g/mol. The van der Waals surface area contributed by atoms with Crippen molar-refractivity contribution in [2.24, 2.45) is 0 Å². The molecule has 0 aliphatic rings. The first-order valence-corrected chi connectivity index (χ1v) is 3.27. The summed E-state index contributed by atoms with van der Waals surface area (Å²) in [6, 6.07) is 0. The summed E-state index contributed by atoms with van der Waals surface area (Å²) in [5.74, 6) is -0.412. The van der Waals surface area contributed by atoms with Crippen LogP contribution in [-0.2, 0) is 0 Å². The Morgan fingerprint density at radius 3 is 2.20 bits per heavy atom. The lowest BCUT2D eigenvalue weighted by molar-refractivity contribution is 0.661. The van der Waals surface area contributed by atoms with Gasteiger partial charge in [-0.05, 0) is 19.9 Å². The van der Waals surface area contributed by atoms with E-state index in [0.717, 1.165) is 5.57 Å². The van der Waals surface area contributed by atoms with Gasteiger partial charge in [0.2, 0.25) is 0 Å². The highest BCUT2D eigenvalue weighted by molar-refractivity contribution is 6.29. The molecule has 10 heavy (non-hydrogen) atoms. The van der Waals surface area contributed by atoms with Gasteiger partial charge in [0, 0.05) is 0 Å². The van der Waals surface area contributed by atoms with Gasteiger partial charge in [-0.3, -0.25) is 0 Å². The molecule has 0 rings (SSSR count). The first-order chi connectivity index (χ1) is 4.54. The zero-order chi connectivity index (χ0) is 8.15. The molecule has 0 aliphatic carbocycles. The lowest BCUT2D eigenvalue weighted by atomic mass is 10.3. The van der Waals surface area contributed by atoms with Crippen molar-refractivity contribution in [3.63, 3.8) is 0 Å². The second-order valence-electron chi connectivity index (χ2n) is 2.06. The van der Waals surface area contributed by atoms with Crippen molar-refractivity contribution in [3.05, 3.63) is 35.2 Å². The average molecular weight is 161 g/mol. The molecule has 0 aliphatic heterocycles. The van der Waals surface area contributed by atoms with E-state index in [-0.39, 0.29) is 5.03 Å². The molecule has 0 nitrogen and oxygen atoms in total. The summed E-state index contributed by atoms with van der Waals surface area (Å²) < 4.78 is 12.5. The van der Waals surface area contributed by atoms with Crippen LogP contribution in [0, 0.1) is 0 Å². The first-order valence-electron chi connectivity index (χ1n) is 2.89. The van der Waals surface area contributed by atoms with Crippen LogP contribution in [0.1, 0.15) is 13.8 Å². The summed E-state index contributed by atoms with van der Waals surface area (Å²) in [5, 5.41) is 0.164. The fourth-order valence-electron chi connectivity index (χ4n) is 0.330. The van der Waals surface area contributed by atoms with Crippen molar-refractivity contribution in [1.29, 1.82) is 0 Å². The van der Waals surface area contributed by atoms with Crippen molar-refractivity contribution in [3.8, 4) is 0 Å². The SMILES string of the molecule is C=C(C)C=CC(F)=C(C)Cl. The molecule has 0 aromatic carbocycles. The molecule has 0 saturated heterocycles. The molecule has 0 fully saturated rings.